The van der Waals surface area contributed by atoms with E-state index in [0.717, 1.165) is 25.7 Å². The number of hydrogen-bond acceptors (Lipinski definition) is 3. The van der Waals surface area contributed by atoms with Crippen LogP contribution in [0, 0.1) is 0 Å². The van der Waals surface area contributed by atoms with E-state index in [0.29, 0.717) is 31.1 Å². The fourth-order valence-electron chi connectivity index (χ4n) is 3.20. The lowest BCUT2D eigenvalue weighted by atomic mass is 10.0. The Morgan fingerprint density at radius 1 is 1.24 bits per heavy atom. The van der Waals surface area contributed by atoms with Gasteiger partial charge in [-0.1, -0.05) is 25.5 Å². The minimum Gasteiger partial charge on any atom is -0.489 e. The predicted molar refractivity (Wildman–Crippen MR) is 82.8 cm³/mol. The number of para-hydroxylation sites is 2. The molecule has 5 nitrogen and oxygen atoms in total. The number of piperidine rings is 1. The molecule has 0 bridgehead atoms. The maximum atomic E-state index is 13.1. The van der Waals surface area contributed by atoms with Gasteiger partial charge in [-0.05, 0) is 31.4 Å². The van der Waals surface area contributed by atoms with E-state index in [4.69, 9.17) is 4.74 Å². The molecule has 0 saturated carbocycles. The van der Waals surface area contributed by atoms with Gasteiger partial charge in [0.2, 0.25) is 0 Å². The number of hydrogen-bond donors (Lipinski definition) is 0. The summed E-state index contributed by atoms with van der Waals surface area (Å²) in [6.45, 7) is 3.47. The first-order valence-electron chi connectivity index (χ1n) is 7.66. The molecule has 0 radical (unpaired) electrons. The number of benzene rings is 1. The van der Waals surface area contributed by atoms with E-state index in [9.17, 15) is 8.42 Å². The van der Waals surface area contributed by atoms with Crippen molar-refractivity contribution in [3.05, 3.63) is 24.3 Å². The second-order valence-corrected chi connectivity index (χ2v) is 7.37. The molecule has 0 N–H and O–H groups in total. The molecule has 1 aromatic rings. The molecule has 2 aliphatic heterocycles. The standard InChI is InChI=1S/C15H22N2O3S/c1-2-13-7-5-6-10-16(13)21(18,19)17-11-12-20-15-9-4-3-8-14(15)17/h3-4,8-9,13H,2,5-7,10-12H2,1H3. The Labute approximate surface area is 126 Å². The molecule has 0 aromatic heterocycles. The van der Waals surface area contributed by atoms with Crippen LogP contribution in [0.2, 0.25) is 0 Å². The van der Waals surface area contributed by atoms with Crippen molar-refractivity contribution in [2.75, 3.05) is 24.0 Å². The molecule has 1 saturated heterocycles. The minimum atomic E-state index is -3.47. The SMILES string of the molecule is CCC1CCCCN1S(=O)(=O)N1CCOc2ccccc21. The maximum Gasteiger partial charge on any atom is 0.304 e. The zero-order valence-corrected chi connectivity index (χ0v) is 13.2. The highest BCUT2D eigenvalue weighted by Crippen LogP contribution is 2.35. The second kappa shape index (κ2) is 5.85. The minimum absolute atomic E-state index is 0.124. The van der Waals surface area contributed by atoms with Crippen LogP contribution in [0.4, 0.5) is 5.69 Å². The molecule has 1 fully saturated rings. The van der Waals surface area contributed by atoms with Gasteiger partial charge < -0.3 is 4.74 Å². The van der Waals surface area contributed by atoms with Crippen molar-refractivity contribution in [2.24, 2.45) is 0 Å². The topological polar surface area (TPSA) is 49.9 Å². The fourth-order valence-corrected chi connectivity index (χ4v) is 5.15. The molecular weight excluding hydrogens is 288 g/mol. The Hall–Kier alpha value is -1.27. The zero-order chi connectivity index (χ0) is 14.9. The molecule has 3 rings (SSSR count). The summed E-state index contributed by atoms with van der Waals surface area (Å²) < 4.78 is 34.9. The van der Waals surface area contributed by atoms with Crippen molar-refractivity contribution in [3.8, 4) is 5.75 Å². The molecular formula is C15H22N2O3S. The summed E-state index contributed by atoms with van der Waals surface area (Å²) in [6.07, 6.45) is 3.89. The Morgan fingerprint density at radius 2 is 2.05 bits per heavy atom. The highest BCUT2D eigenvalue weighted by atomic mass is 32.2. The molecule has 2 heterocycles. The summed E-state index contributed by atoms with van der Waals surface area (Å²) >= 11 is 0. The number of fused-ring (bicyclic) bond motifs is 1. The molecule has 0 amide bonds. The molecule has 6 heteroatoms. The summed E-state index contributed by atoms with van der Waals surface area (Å²) in [5.74, 6) is 0.650. The maximum absolute atomic E-state index is 13.1. The Bertz CT molecular complexity index is 603. The van der Waals surface area contributed by atoms with E-state index in [2.05, 4.69) is 6.92 Å². The van der Waals surface area contributed by atoms with Crippen molar-refractivity contribution >= 4 is 15.9 Å². The van der Waals surface area contributed by atoms with Crippen LogP contribution >= 0.6 is 0 Å². The normalized spacial score (nSPS) is 23.5. The number of anilines is 1. The fraction of sp³-hybridized carbons (Fsp3) is 0.600. The van der Waals surface area contributed by atoms with Crippen LogP contribution < -0.4 is 9.04 Å². The first kappa shape index (κ1) is 14.7. The lowest BCUT2D eigenvalue weighted by Gasteiger charge is -2.39. The van der Waals surface area contributed by atoms with Crippen LogP contribution in [0.25, 0.3) is 0 Å². The third kappa shape index (κ3) is 2.62. The Kier molecular flexibility index (Phi) is 4.08. The third-order valence-corrected chi connectivity index (χ3v) is 6.31. The van der Waals surface area contributed by atoms with Gasteiger partial charge in [0.25, 0.3) is 0 Å². The van der Waals surface area contributed by atoms with E-state index < -0.39 is 10.2 Å². The van der Waals surface area contributed by atoms with Crippen molar-refractivity contribution in [3.63, 3.8) is 0 Å². The van der Waals surface area contributed by atoms with Crippen molar-refractivity contribution in [1.29, 1.82) is 0 Å². The summed E-state index contributed by atoms with van der Waals surface area (Å²) in [7, 11) is -3.47. The lowest BCUT2D eigenvalue weighted by molar-refractivity contribution is 0.243. The molecule has 2 aliphatic rings. The second-order valence-electron chi connectivity index (χ2n) is 5.56. The first-order chi connectivity index (χ1) is 10.1. The van der Waals surface area contributed by atoms with E-state index >= 15 is 0 Å². The molecule has 1 atom stereocenters. The van der Waals surface area contributed by atoms with Crippen LogP contribution in [-0.4, -0.2) is 38.5 Å². The van der Waals surface area contributed by atoms with E-state index in [-0.39, 0.29) is 6.04 Å². The first-order valence-corrected chi connectivity index (χ1v) is 9.05. The lowest BCUT2D eigenvalue weighted by Crippen LogP contribution is -2.52. The summed E-state index contributed by atoms with van der Waals surface area (Å²) in [5.41, 5.74) is 0.657. The average molecular weight is 310 g/mol. The summed E-state index contributed by atoms with van der Waals surface area (Å²) in [5, 5.41) is 0. The van der Waals surface area contributed by atoms with Crippen LogP contribution in [0.15, 0.2) is 24.3 Å². The zero-order valence-electron chi connectivity index (χ0n) is 12.4. The molecule has 0 spiro atoms. The Balaban J connectivity index is 1.95. The monoisotopic (exact) mass is 310 g/mol. The van der Waals surface area contributed by atoms with Gasteiger partial charge in [0, 0.05) is 12.6 Å². The van der Waals surface area contributed by atoms with Gasteiger partial charge in [-0.2, -0.15) is 12.7 Å². The number of ether oxygens (including phenoxy) is 1. The van der Waals surface area contributed by atoms with Gasteiger partial charge in [0.1, 0.15) is 12.4 Å². The predicted octanol–water partition coefficient (Wildman–Crippen LogP) is 2.39. The van der Waals surface area contributed by atoms with Crippen LogP contribution in [0.5, 0.6) is 5.75 Å². The van der Waals surface area contributed by atoms with Crippen LogP contribution in [-0.2, 0) is 10.2 Å². The largest absolute Gasteiger partial charge is 0.489 e. The molecule has 1 aromatic carbocycles. The summed E-state index contributed by atoms with van der Waals surface area (Å²) in [4.78, 5) is 0. The quantitative estimate of drug-likeness (QED) is 0.861. The summed E-state index contributed by atoms with van der Waals surface area (Å²) in [6, 6.07) is 7.48. The molecule has 116 valence electrons. The van der Waals surface area contributed by atoms with E-state index in [1.54, 1.807) is 4.31 Å². The van der Waals surface area contributed by atoms with Gasteiger partial charge in [0.15, 0.2) is 0 Å². The van der Waals surface area contributed by atoms with Crippen molar-refractivity contribution in [2.45, 2.75) is 38.6 Å². The average Bonchev–Trinajstić information content (AvgIpc) is 2.54. The van der Waals surface area contributed by atoms with Gasteiger partial charge in [0.05, 0.1) is 12.2 Å². The van der Waals surface area contributed by atoms with Gasteiger partial charge >= 0.3 is 10.2 Å². The van der Waals surface area contributed by atoms with Crippen molar-refractivity contribution < 1.29 is 13.2 Å². The molecule has 1 unspecified atom stereocenters. The number of nitrogens with zero attached hydrogens (tertiary/aromatic N) is 2. The van der Waals surface area contributed by atoms with Gasteiger partial charge in [-0.3, -0.25) is 4.31 Å². The van der Waals surface area contributed by atoms with Gasteiger partial charge in [-0.25, -0.2) is 0 Å². The van der Waals surface area contributed by atoms with Crippen LogP contribution in [0.3, 0.4) is 0 Å². The van der Waals surface area contributed by atoms with Crippen LogP contribution in [0.1, 0.15) is 32.6 Å². The Morgan fingerprint density at radius 3 is 2.86 bits per heavy atom. The molecule has 21 heavy (non-hydrogen) atoms. The molecule has 0 aliphatic carbocycles. The third-order valence-electron chi connectivity index (χ3n) is 4.31. The smallest absolute Gasteiger partial charge is 0.304 e. The number of rotatable bonds is 3. The highest BCUT2D eigenvalue weighted by Gasteiger charge is 2.37. The van der Waals surface area contributed by atoms with E-state index in [1.807, 2.05) is 24.3 Å². The van der Waals surface area contributed by atoms with Crippen molar-refractivity contribution in [1.82, 2.24) is 4.31 Å². The van der Waals surface area contributed by atoms with Gasteiger partial charge in [-0.15, -0.1) is 0 Å². The highest BCUT2D eigenvalue weighted by molar-refractivity contribution is 7.90. The van der Waals surface area contributed by atoms with E-state index in [1.165, 1.54) is 4.31 Å².